The molecule has 0 saturated heterocycles. The minimum absolute atomic E-state index is 0.549. The second-order valence-corrected chi connectivity index (χ2v) is 4.15. The van der Waals surface area contributed by atoms with E-state index < -0.39 is 0 Å². The lowest BCUT2D eigenvalue weighted by Gasteiger charge is -2.20. The van der Waals surface area contributed by atoms with Gasteiger partial charge in [0, 0.05) is 31.4 Å². The predicted octanol–water partition coefficient (Wildman–Crippen LogP) is 1.63. The van der Waals surface area contributed by atoms with Crippen molar-refractivity contribution in [3.8, 4) is 5.88 Å². The molecule has 0 aliphatic heterocycles. The summed E-state index contributed by atoms with van der Waals surface area (Å²) in [6.07, 6.45) is 1.70. The van der Waals surface area contributed by atoms with Gasteiger partial charge in [-0.15, -0.1) is 0 Å². The van der Waals surface area contributed by atoms with E-state index in [1.54, 1.807) is 12.3 Å². The molecule has 0 fully saturated rings. The standard InChI is InChI=1S/C12H22N4O/c1-5-17-11-6-7-13-12(15-11)14-8-9-16(4)10(2)3/h6-7,10H,5,8-9H2,1-4H3,(H,13,14,15). The van der Waals surface area contributed by atoms with Crippen molar-refractivity contribution in [2.24, 2.45) is 0 Å². The van der Waals surface area contributed by atoms with E-state index in [0.717, 1.165) is 13.1 Å². The zero-order chi connectivity index (χ0) is 12.7. The highest BCUT2D eigenvalue weighted by atomic mass is 16.5. The van der Waals surface area contributed by atoms with Crippen LogP contribution in [-0.2, 0) is 0 Å². The van der Waals surface area contributed by atoms with Crippen LogP contribution in [0.2, 0.25) is 0 Å². The first-order valence-electron chi connectivity index (χ1n) is 6.03. The van der Waals surface area contributed by atoms with Crippen LogP contribution < -0.4 is 10.1 Å². The topological polar surface area (TPSA) is 50.3 Å². The van der Waals surface area contributed by atoms with Gasteiger partial charge in [-0.2, -0.15) is 4.98 Å². The molecule has 1 rings (SSSR count). The Bertz CT molecular complexity index is 330. The van der Waals surface area contributed by atoms with Gasteiger partial charge in [0.1, 0.15) is 0 Å². The third kappa shape index (κ3) is 4.99. The largest absolute Gasteiger partial charge is 0.478 e. The Morgan fingerprint density at radius 1 is 1.47 bits per heavy atom. The first-order chi connectivity index (χ1) is 8.13. The molecule has 5 nitrogen and oxygen atoms in total. The Labute approximate surface area is 103 Å². The van der Waals surface area contributed by atoms with E-state index in [1.807, 2.05) is 6.92 Å². The lowest BCUT2D eigenvalue weighted by molar-refractivity contribution is 0.284. The van der Waals surface area contributed by atoms with Gasteiger partial charge in [0.05, 0.1) is 6.61 Å². The summed E-state index contributed by atoms with van der Waals surface area (Å²) in [5, 5.41) is 3.19. The van der Waals surface area contributed by atoms with E-state index in [2.05, 4.69) is 41.1 Å². The molecular weight excluding hydrogens is 216 g/mol. The number of rotatable bonds is 7. The van der Waals surface area contributed by atoms with Gasteiger partial charge >= 0.3 is 0 Å². The van der Waals surface area contributed by atoms with Gasteiger partial charge in [-0.3, -0.25) is 0 Å². The molecule has 0 unspecified atom stereocenters. The zero-order valence-corrected chi connectivity index (χ0v) is 11.1. The summed E-state index contributed by atoms with van der Waals surface area (Å²) in [7, 11) is 2.10. The summed E-state index contributed by atoms with van der Waals surface area (Å²) >= 11 is 0. The van der Waals surface area contributed by atoms with Gasteiger partial charge in [-0.05, 0) is 27.8 Å². The zero-order valence-electron chi connectivity index (χ0n) is 11.1. The van der Waals surface area contributed by atoms with Crippen molar-refractivity contribution in [2.45, 2.75) is 26.8 Å². The SMILES string of the molecule is CCOc1ccnc(NCCN(C)C(C)C)n1. The molecule has 0 atom stereocenters. The molecule has 1 N–H and O–H groups in total. The van der Waals surface area contributed by atoms with Crippen LogP contribution in [0.5, 0.6) is 5.88 Å². The normalized spacial score (nSPS) is 10.9. The molecule has 0 aromatic carbocycles. The number of aromatic nitrogens is 2. The van der Waals surface area contributed by atoms with E-state index in [9.17, 15) is 0 Å². The first kappa shape index (κ1) is 13.7. The third-order valence-corrected chi connectivity index (χ3v) is 2.55. The molecular formula is C12H22N4O. The van der Waals surface area contributed by atoms with E-state index in [1.165, 1.54) is 0 Å². The number of ether oxygens (including phenoxy) is 1. The number of hydrogen-bond donors (Lipinski definition) is 1. The van der Waals surface area contributed by atoms with Crippen LogP contribution in [0.25, 0.3) is 0 Å². The number of nitrogens with one attached hydrogen (secondary N) is 1. The molecule has 0 spiro atoms. The minimum Gasteiger partial charge on any atom is -0.478 e. The van der Waals surface area contributed by atoms with Gasteiger partial charge in [-0.1, -0.05) is 0 Å². The third-order valence-electron chi connectivity index (χ3n) is 2.55. The van der Waals surface area contributed by atoms with E-state index in [4.69, 9.17) is 4.74 Å². The average Bonchev–Trinajstić information content (AvgIpc) is 2.29. The maximum Gasteiger partial charge on any atom is 0.225 e. The second kappa shape index (κ2) is 7.06. The molecule has 1 heterocycles. The predicted molar refractivity (Wildman–Crippen MR) is 69.5 cm³/mol. The lowest BCUT2D eigenvalue weighted by atomic mass is 10.3. The maximum absolute atomic E-state index is 5.31. The van der Waals surface area contributed by atoms with Gasteiger partial charge in [0.25, 0.3) is 0 Å². The molecule has 0 aliphatic rings. The van der Waals surface area contributed by atoms with Crippen molar-refractivity contribution in [1.29, 1.82) is 0 Å². The molecule has 0 bridgehead atoms. The molecule has 1 aromatic heterocycles. The lowest BCUT2D eigenvalue weighted by Crippen LogP contribution is -2.31. The van der Waals surface area contributed by atoms with Crippen LogP contribution in [-0.4, -0.2) is 47.7 Å². The molecule has 0 amide bonds. The van der Waals surface area contributed by atoms with Crippen LogP contribution in [0.15, 0.2) is 12.3 Å². The van der Waals surface area contributed by atoms with Crippen LogP contribution in [0.4, 0.5) is 5.95 Å². The Balaban J connectivity index is 2.38. The minimum atomic E-state index is 0.549. The fraction of sp³-hybridized carbons (Fsp3) is 0.667. The van der Waals surface area contributed by atoms with E-state index in [-0.39, 0.29) is 0 Å². The summed E-state index contributed by atoms with van der Waals surface area (Å²) in [6, 6.07) is 2.31. The van der Waals surface area contributed by atoms with Crippen molar-refractivity contribution >= 4 is 5.95 Å². The summed E-state index contributed by atoms with van der Waals surface area (Å²) in [5.41, 5.74) is 0. The van der Waals surface area contributed by atoms with Crippen molar-refractivity contribution in [3.05, 3.63) is 12.3 Å². The Hall–Kier alpha value is -1.36. The monoisotopic (exact) mass is 238 g/mol. The number of likely N-dealkylation sites (N-methyl/N-ethyl adjacent to an activating group) is 1. The van der Waals surface area contributed by atoms with Gasteiger partial charge in [0.2, 0.25) is 11.8 Å². The Morgan fingerprint density at radius 2 is 2.24 bits per heavy atom. The Kier molecular flexibility index (Phi) is 5.69. The second-order valence-electron chi connectivity index (χ2n) is 4.15. The highest BCUT2D eigenvalue weighted by Crippen LogP contribution is 2.07. The summed E-state index contributed by atoms with van der Waals surface area (Å²) in [5.74, 6) is 1.23. The maximum atomic E-state index is 5.31. The quantitative estimate of drug-likeness (QED) is 0.782. The smallest absolute Gasteiger partial charge is 0.225 e. The summed E-state index contributed by atoms with van der Waals surface area (Å²) in [6.45, 7) is 8.68. The van der Waals surface area contributed by atoms with Crippen LogP contribution in [0.3, 0.4) is 0 Å². The van der Waals surface area contributed by atoms with Crippen molar-refractivity contribution < 1.29 is 4.74 Å². The number of hydrogen-bond acceptors (Lipinski definition) is 5. The van der Waals surface area contributed by atoms with Gasteiger partial charge in [0.15, 0.2) is 0 Å². The van der Waals surface area contributed by atoms with Crippen molar-refractivity contribution in [1.82, 2.24) is 14.9 Å². The van der Waals surface area contributed by atoms with Gasteiger partial charge < -0.3 is 15.0 Å². The number of nitrogens with zero attached hydrogens (tertiary/aromatic N) is 3. The fourth-order valence-electron chi connectivity index (χ4n) is 1.26. The number of anilines is 1. The summed E-state index contributed by atoms with van der Waals surface area (Å²) in [4.78, 5) is 10.6. The van der Waals surface area contributed by atoms with E-state index >= 15 is 0 Å². The molecule has 1 aromatic rings. The summed E-state index contributed by atoms with van der Waals surface area (Å²) < 4.78 is 5.31. The molecule has 0 aliphatic carbocycles. The fourth-order valence-corrected chi connectivity index (χ4v) is 1.26. The molecule has 96 valence electrons. The van der Waals surface area contributed by atoms with Crippen molar-refractivity contribution in [2.75, 3.05) is 32.1 Å². The van der Waals surface area contributed by atoms with Crippen LogP contribution in [0.1, 0.15) is 20.8 Å². The molecule has 0 radical (unpaired) electrons. The van der Waals surface area contributed by atoms with Gasteiger partial charge in [-0.25, -0.2) is 4.98 Å². The Morgan fingerprint density at radius 3 is 2.88 bits per heavy atom. The highest BCUT2D eigenvalue weighted by molar-refractivity contribution is 5.27. The average molecular weight is 238 g/mol. The molecule has 0 saturated carbocycles. The van der Waals surface area contributed by atoms with Crippen molar-refractivity contribution in [3.63, 3.8) is 0 Å². The molecule has 5 heteroatoms. The first-order valence-corrected chi connectivity index (χ1v) is 6.03. The van der Waals surface area contributed by atoms with Crippen LogP contribution >= 0.6 is 0 Å². The highest BCUT2D eigenvalue weighted by Gasteiger charge is 2.03. The molecule has 17 heavy (non-hydrogen) atoms. The van der Waals surface area contributed by atoms with E-state index in [0.29, 0.717) is 24.5 Å². The van der Waals surface area contributed by atoms with Crippen LogP contribution in [0, 0.1) is 0 Å².